The van der Waals surface area contributed by atoms with Gasteiger partial charge in [0, 0.05) is 9.90 Å². The van der Waals surface area contributed by atoms with Crippen molar-refractivity contribution in [1.82, 2.24) is 0 Å². The van der Waals surface area contributed by atoms with E-state index < -0.39 is 0 Å². The van der Waals surface area contributed by atoms with Crippen LogP contribution in [-0.4, -0.2) is 0 Å². The van der Waals surface area contributed by atoms with Crippen LogP contribution in [0.2, 0.25) is 10.0 Å². The van der Waals surface area contributed by atoms with Gasteiger partial charge in [0.15, 0.2) is 0 Å². The van der Waals surface area contributed by atoms with Crippen LogP contribution in [0.1, 0.15) is 22.0 Å². The Labute approximate surface area is 109 Å². The summed E-state index contributed by atoms with van der Waals surface area (Å²) in [6.45, 7) is 1.98. The van der Waals surface area contributed by atoms with E-state index in [1.165, 1.54) is 0 Å². The summed E-state index contributed by atoms with van der Waals surface area (Å²) in [4.78, 5) is 0.987. The van der Waals surface area contributed by atoms with Crippen molar-refractivity contribution in [3.05, 3.63) is 55.7 Å². The molecule has 0 spiro atoms. The normalized spacial score (nSPS) is 12.8. The van der Waals surface area contributed by atoms with Crippen LogP contribution in [0, 0.1) is 6.92 Å². The van der Waals surface area contributed by atoms with Crippen molar-refractivity contribution in [2.75, 3.05) is 0 Å². The number of nitrogens with two attached hydrogens (primary N) is 1. The SMILES string of the molecule is Cc1csc(C(N)c2cccc(Cl)c2)c1Cl. The van der Waals surface area contributed by atoms with Crippen molar-refractivity contribution >= 4 is 34.5 Å². The van der Waals surface area contributed by atoms with Crippen molar-refractivity contribution in [2.24, 2.45) is 5.73 Å². The topological polar surface area (TPSA) is 26.0 Å². The van der Waals surface area contributed by atoms with E-state index in [1.807, 2.05) is 36.6 Å². The average molecular weight is 272 g/mol. The van der Waals surface area contributed by atoms with Gasteiger partial charge >= 0.3 is 0 Å². The van der Waals surface area contributed by atoms with Gasteiger partial charge in [-0.3, -0.25) is 0 Å². The fourth-order valence-corrected chi connectivity index (χ4v) is 3.05. The minimum Gasteiger partial charge on any atom is -0.320 e. The Morgan fingerprint density at radius 1 is 1.31 bits per heavy atom. The molecule has 84 valence electrons. The number of aryl methyl sites for hydroxylation is 1. The van der Waals surface area contributed by atoms with Crippen LogP contribution < -0.4 is 5.73 Å². The molecule has 1 heterocycles. The zero-order valence-corrected chi connectivity index (χ0v) is 11.0. The molecule has 1 aromatic heterocycles. The number of hydrogen-bond acceptors (Lipinski definition) is 2. The summed E-state index contributed by atoms with van der Waals surface area (Å²) in [7, 11) is 0. The molecule has 1 atom stereocenters. The smallest absolute Gasteiger partial charge is 0.0661 e. The molecule has 1 aromatic carbocycles. The van der Waals surface area contributed by atoms with Gasteiger partial charge < -0.3 is 5.73 Å². The molecule has 0 amide bonds. The summed E-state index contributed by atoms with van der Waals surface area (Å²) >= 11 is 13.7. The molecule has 2 rings (SSSR count). The van der Waals surface area contributed by atoms with Gasteiger partial charge in [-0.05, 0) is 35.6 Å². The fraction of sp³-hybridized carbons (Fsp3) is 0.167. The van der Waals surface area contributed by atoms with E-state index in [4.69, 9.17) is 28.9 Å². The highest BCUT2D eigenvalue weighted by Crippen LogP contribution is 2.34. The molecule has 1 unspecified atom stereocenters. The standard InChI is InChI=1S/C12H11Cl2NS/c1-7-6-16-12(10(7)14)11(15)8-3-2-4-9(13)5-8/h2-6,11H,15H2,1H3. The first-order chi connectivity index (χ1) is 7.59. The van der Waals surface area contributed by atoms with E-state index in [1.54, 1.807) is 11.3 Å². The highest BCUT2D eigenvalue weighted by atomic mass is 35.5. The van der Waals surface area contributed by atoms with Crippen LogP contribution in [0.4, 0.5) is 0 Å². The molecule has 0 aliphatic carbocycles. The molecule has 0 saturated heterocycles. The van der Waals surface area contributed by atoms with E-state index in [-0.39, 0.29) is 6.04 Å². The van der Waals surface area contributed by atoms with Crippen molar-refractivity contribution in [2.45, 2.75) is 13.0 Å². The average Bonchev–Trinajstić information content (AvgIpc) is 2.59. The molecule has 4 heteroatoms. The predicted molar refractivity (Wildman–Crippen MR) is 71.5 cm³/mol. The Balaban J connectivity index is 2.39. The summed E-state index contributed by atoms with van der Waals surface area (Å²) in [6, 6.07) is 7.36. The number of thiophene rings is 1. The van der Waals surface area contributed by atoms with E-state index in [2.05, 4.69) is 0 Å². The first-order valence-electron chi connectivity index (χ1n) is 4.84. The van der Waals surface area contributed by atoms with Gasteiger partial charge in [0.05, 0.1) is 11.1 Å². The molecular formula is C12H11Cl2NS. The lowest BCUT2D eigenvalue weighted by Crippen LogP contribution is -2.10. The third kappa shape index (κ3) is 2.25. The Morgan fingerprint density at radius 2 is 2.06 bits per heavy atom. The van der Waals surface area contributed by atoms with Crippen LogP contribution in [0.25, 0.3) is 0 Å². The number of rotatable bonds is 2. The minimum atomic E-state index is -0.204. The van der Waals surface area contributed by atoms with Crippen molar-refractivity contribution < 1.29 is 0 Å². The Bertz CT molecular complexity index is 507. The van der Waals surface area contributed by atoms with Crippen molar-refractivity contribution in [3.8, 4) is 0 Å². The molecule has 0 radical (unpaired) electrons. The summed E-state index contributed by atoms with van der Waals surface area (Å²) < 4.78 is 0. The number of benzene rings is 1. The van der Waals surface area contributed by atoms with Crippen molar-refractivity contribution in [3.63, 3.8) is 0 Å². The van der Waals surface area contributed by atoms with Gasteiger partial charge in [-0.25, -0.2) is 0 Å². The predicted octanol–water partition coefficient (Wildman–Crippen LogP) is 4.41. The first kappa shape index (κ1) is 11.9. The molecule has 0 fully saturated rings. The summed E-state index contributed by atoms with van der Waals surface area (Å²) in [5, 5.41) is 3.47. The second-order valence-electron chi connectivity index (χ2n) is 3.63. The lowest BCUT2D eigenvalue weighted by Gasteiger charge is -2.11. The summed E-state index contributed by atoms with van der Waals surface area (Å²) in [6.07, 6.45) is 0. The van der Waals surface area contributed by atoms with Crippen LogP contribution in [-0.2, 0) is 0 Å². The molecule has 16 heavy (non-hydrogen) atoms. The van der Waals surface area contributed by atoms with Gasteiger partial charge in [-0.2, -0.15) is 0 Å². The van der Waals surface area contributed by atoms with E-state index in [0.29, 0.717) is 5.02 Å². The summed E-state index contributed by atoms with van der Waals surface area (Å²) in [5.74, 6) is 0. The lowest BCUT2D eigenvalue weighted by atomic mass is 10.1. The third-order valence-corrected chi connectivity index (χ3v) is 4.45. The largest absolute Gasteiger partial charge is 0.320 e. The monoisotopic (exact) mass is 271 g/mol. The second-order valence-corrected chi connectivity index (χ2v) is 5.36. The van der Waals surface area contributed by atoms with Gasteiger partial charge in [0.25, 0.3) is 0 Å². The van der Waals surface area contributed by atoms with E-state index >= 15 is 0 Å². The highest BCUT2D eigenvalue weighted by molar-refractivity contribution is 7.10. The maximum atomic E-state index is 6.19. The van der Waals surface area contributed by atoms with E-state index in [0.717, 1.165) is 21.0 Å². The molecular weight excluding hydrogens is 261 g/mol. The molecule has 0 aliphatic rings. The minimum absolute atomic E-state index is 0.204. The lowest BCUT2D eigenvalue weighted by molar-refractivity contribution is 0.893. The zero-order chi connectivity index (χ0) is 11.7. The Morgan fingerprint density at radius 3 is 2.62 bits per heavy atom. The maximum Gasteiger partial charge on any atom is 0.0661 e. The number of halogens is 2. The van der Waals surface area contributed by atoms with Gasteiger partial charge in [-0.1, -0.05) is 35.3 Å². The van der Waals surface area contributed by atoms with Gasteiger partial charge in [-0.15, -0.1) is 11.3 Å². The molecule has 1 nitrogen and oxygen atoms in total. The Hall–Kier alpha value is -0.540. The molecule has 0 bridgehead atoms. The van der Waals surface area contributed by atoms with Crippen LogP contribution in [0.3, 0.4) is 0 Å². The third-order valence-electron chi connectivity index (χ3n) is 2.42. The molecule has 0 aliphatic heterocycles. The van der Waals surface area contributed by atoms with E-state index in [9.17, 15) is 0 Å². The molecule has 2 N–H and O–H groups in total. The Kier molecular flexibility index (Phi) is 3.55. The quantitative estimate of drug-likeness (QED) is 0.860. The number of hydrogen-bond donors (Lipinski definition) is 1. The first-order valence-corrected chi connectivity index (χ1v) is 6.47. The maximum absolute atomic E-state index is 6.19. The second kappa shape index (κ2) is 4.76. The van der Waals surface area contributed by atoms with Gasteiger partial charge in [0.2, 0.25) is 0 Å². The fourth-order valence-electron chi connectivity index (χ4n) is 1.51. The van der Waals surface area contributed by atoms with Crippen LogP contribution >= 0.6 is 34.5 Å². The van der Waals surface area contributed by atoms with Crippen LogP contribution in [0.5, 0.6) is 0 Å². The molecule has 0 saturated carbocycles. The molecule has 2 aromatic rings. The summed E-state index contributed by atoms with van der Waals surface area (Å²) in [5.41, 5.74) is 8.22. The zero-order valence-electron chi connectivity index (χ0n) is 8.71. The van der Waals surface area contributed by atoms with Gasteiger partial charge in [0.1, 0.15) is 0 Å². The van der Waals surface area contributed by atoms with Crippen molar-refractivity contribution in [1.29, 1.82) is 0 Å². The van der Waals surface area contributed by atoms with Crippen LogP contribution in [0.15, 0.2) is 29.6 Å². The highest BCUT2D eigenvalue weighted by Gasteiger charge is 2.16.